The smallest absolute Gasteiger partial charge is 0.236 e. The molecule has 0 saturated carbocycles. The molecule has 12 nitrogen and oxygen atoms in total. The first-order chi connectivity index (χ1) is 12.9. The lowest BCUT2D eigenvalue weighted by Crippen LogP contribution is -2.36. The quantitative estimate of drug-likeness (QED) is 0.346. The number of nitrogens with one attached hydrogen (secondary N) is 1. The highest BCUT2D eigenvalue weighted by Crippen LogP contribution is 2.18. The average molecular weight is 373 g/mol. The minimum absolute atomic E-state index is 0.121. The molecule has 0 atom stereocenters. The van der Waals surface area contributed by atoms with Crippen LogP contribution in [0, 0.1) is 6.92 Å². The Bertz CT molecular complexity index is 856. The van der Waals surface area contributed by atoms with Crippen LogP contribution in [0.2, 0.25) is 0 Å². The fourth-order valence-corrected chi connectivity index (χ4v) is 2.00. The van der Waals surface area contributed by atoms with Gasteiger partial charge in [0, 0.05) is 30.7 Å². The topological polar surface area (TPSA) is 178 Å². The number of aryl methyl sites for hydroxylation is 1. The fraction of sp³-hybridized carbons (Fsp3) is 0.267. The maximum atomic E-state index is 5.76. The third-order valence-electron chi connectivity index (χ3n) is 3.24. The normalized spacial score (nSPS) is 11.2. The van der Waals surface area contributed by atoms with Crippen LogP contribution in [0.15, 0.2) is 41.1 Å². The van der Waals surface area contributed by atoms with Crippen molar-refractivity contribution in [3.05, 3.63) is 42.2 Å². The van der Waals surface area contributed by atoms with Crippen molar-refractivity contribution in [2.75, 3.05) is 31.4 Å². The van der Waals surface area contributed by atoms with Gasteiger partial charge in [-0.25, -0.2) is 15.5 Å². The SMILES string of the molecule is CN(C)C/C(=C/N)N(N)c1nonc1N.Cc1nc(-c2ccncc2)n[nH]1. The third-order valence-corrected chi connectivity index (χ3v) is 3.24. The average Bonchev–Trinajstić information content (AvgIpc) is 3.28. The van der Waals surface area contributed by atoms with Gasteiger partial charge >= 0.3 is 0 Å². The summed E-state index contributed by atoms with van der Waals surface area (Å²) in [6, 6.07) is 3.76. The Kier molecular flexibility index (Phi) is 6.79. The van der Waals surface area contributed by atoms with Crippen molar-refractivity contribution in [3.8, 4) is 11.4 Å². The highest BCUT2D eigenvalue weighted by Gasteiger charge is 2.16. The number of rotatable bonds is 5. The van der Waals surface area contributed by atoms with E-state index < -0.39 is 0 Å². The summed E-state index contributed by atoms with van der Waals surface area (Å²) in [5, 5.41) is 15.0. The Morgan fingerprint density at radius 1 is 1.26 bits per heavy atom. The van der Waals surface area contributed by atoms with E-state index in [0.717, 1.165) is 17.2 Å². The van der Waals surface area contributed by atoms with Gasteiger partial charge in [-0.1, -0.05) is 0 Å². The maximum absolute atomic E-state index is 5.76. The van der Waals surface area contributed by atoms with Crippen LogP contribution in [0.25, 0.3) is 11.4 Å². The summed E-state index contributed by atoms with van der Waals surface area (Å²) in [7, 11) is 3.78. The number of nitrogens with two attached hydrogens (primary N) is 3. The van der Waals surface area contributed by atoms with Crippen LogP contribution in [0.1, 0.15) is 5.82 Å². The van der Waals surface area contributed by atoms with Gasteiger partial charge in [-0.15, -0.1) is 0 Å². The molecular weight excluding hydrogens is 350 g/mol. The molecule has 144 valence electrons. The summed E-state index contributed by atoms with van der Waals surface area (Å²) in [6.07, 6.45) is 4.83. The molecule has 0 aliphatic carbocycles. The molecule has 0 fully saturated rings. The molecule has 0 unspecified atom stereocenters. The second-order valence-electron chi connectivity index (χ2n) is 5.72. The van der Waals surface area contributed by atoms with Crippen LogP contribution in [0.5, 0.6) is 0 Å². The Labute approximate surface area is 156 Å². The standard InChI is InChI=1S/C8H8N4.C7H15N7O/c1-6-10-8(12-11-6)7-2-4-9-5-3-7;1-13(2)4-5(3-8)14(10)7-6(9)11-15-12-7/h2-5H,1H3,(H,10,11,12);3H,4,8,10H2,1-2H3,(H2,9,11)/b;5-3-. The minimum atomic E-state index is 0.121. The Balaban J connectivity index is 0.000000198. The van der Waals surface area contributed by atoms with E-state index in [1.807, 2.05) is 38.1 Å². The van der Waals surface area contributed by atoms with Gasteiger partial charge in [-0.2, -0.15) is 5.10 Å². The molecule has 3 heterocycles. The monoisotopic (exact) mass is 373 g/mol. The van der Waals surface area contributed by atoms with E-state index in [2.05, 4.69) is 35.1 Å². The largest absolute Gasteiger partial charge is 0.403 e. The van der Waals surface area contributed by atoms with E-state index in [4.69, 9.17) is 17.3 Å². The van der Waals surface area contributed by atoms with Crippen LogP contribution in [-0.4, -0.2) is 56.0 Å². The highest BCUT2D eigenvalue weighted by molar-refractivity contribution is 5.58. The number of pyridine rings is 1. The van der Waals surface area contributed by atoms with Gasteiger partial charge in [0.15, 0.2) is 5.82 Å². The predicted octanol–water partition coefficient (Wildman–Crippen LogP) is -0.131. The second-order valence-corrected chi connectivity index (χ2v) is 5.72. The summed E-state index contributed by atoms with van der Waals surface area (Å²) in [5.41, 5.74) is 12.6. The van der Waals surface area contributed by atoms with Crippen molar-refractivity contribution in [1.82, 2.24) is 35.4 Å². The summed E-state index contributed by atoms with van der Waals surface area (Å²) in [4.78, 5) is 10.0. The molecule has 0 radical (unpaired) electrons. The van der Waals surface area contributed by atoms with Crippen LogP contribution in [0.4, 0.5) is 11.6 Å². The summed E-state index contributed by atoms with van der Waals surface area (Å²) >= 11 is 0. The molecule has 3 aromatic rings. The van der Waals surface area contributed by atoms with Gasteiger partial charge in [0.05, 0.1) is 5.70 Å². The van der Waals surface area contributed by atoms with E-state index in [0.29, 0.717) is 12.2 Å². The molecule has 3 rings (SSSR count). The number of hydrogen-bond acceptors (Lipinski definition) is 11. The van der Waals surface area contributed by atoms with Gasteiger partial charge in [-0.05, 0) is 43.5 Å². The minimum Gasteiger partial charge on any atom is -0.403 e. The van der Waals surface area contributed by atoms with Gasteiger partial charge in [0.1, 0.15) is 5.82 Å². The predicted molar refractivity (Wildman–Crippen MR) is 101 cm³/mol. The number of aromatic amines is 1. The molecule has 0 aromatic carbocycles. The van der Waals surface area contributed by atoms with E-state index >= 15 is 0 Å². The van der Waals surface area contributed by atoms with Gasteiger partial charge in [-0.3, -0.25) is 15.1 Å². The molecule has 27 heavy (non-hydrogen) atoms. The number of H-pyrrole nitrogens is 1. The Morgan fingerprint density at radius 3 is 2.44 bits per heavy atom. The van der Waals surface area contributed by atoms with Crippen LogP contribution in [0.3, 0.4) is 0 Å². The molecule has 0 aliphatic heterocycles. The Morgan fingerprint density at radius 2 is 1.96 bits per heavy atom. The van der Waals surface area contributed by atoms with Crippen molar-refractivity contribution in [2.45, 2.75) is 6.92 Å². The zero-order valence-electron chi connectivity index (χ0n) is 15.4. The fourth-order valence-electron chi connectivity index (χ4n) is 2.00. The third kappa shape index (κ3) is 5.49. The van der Waals surface area contributed by atoms with E-state index in [1.54, 1.807) is 12.4 Å². The molecular formula is C15H23N11O. The zero-order chi connectivity index (χ0) is 19.8. The number of nitrogens with zero attached hydrogens (tertiary/aromatic N) is 7. The molecule has 0 amide bonds. The Hall–Kier alpha value is -3.51. The van der Waals surface area contributed by atoms with Crippen LogP contribution >= 0.6 is 0 Å². The van der Waals surface area contributed by atoms with E-state index in [9.17, 15) is 0 Å². The van der Waals surface area contributed by atoms with E-state index in [1.165, 1.54) is 11.2 Å². The lowest BCUT2D eigenvalue weighted by molar-refractivity contribution is 0.309. The van der Waals surface area contributed by atoms with Gasteiger partial charge in [0.25, 0.3) is 0 Å². The number of anilines is 2. The summed E-state index contributed by atoms with van der Waals surface area (Å²) < 4.78 is 4.44. The molecule has 3 aromatic heterocycles. The molecule has 0 saturated heterocycles. The highest BCUT2D eigenvalue weighted by atomic mass is 16.6. The lowest BCUT2D eigenvalue weighted by atomic mass is 10.3. The van der Waals surface area contributed by atoms with Crippen molar-refractivity contribution >= 4 is 11.6 Å². The lowest BCUT2D eigenvalue weighted by Gasteiger charge is -2.21. The molecule has 0 aliphatic rings. The molecule has 7 N–H and O–H groups in total. The van der Waals surface area contributed by atoms with Crippen molar-refractivity contribution in [1.29, 1.82) is 0 Å². The first-order valence-corrected chi connectivity index (χ1v) is 7.90. The summed E-state index contributed by atoms with van der Waals surface area (Å²) in [6.45, 7) is 2.43. The van der Waals surface area contributed by atoms with Crippen molar-refractivity contribution in [3.63, 3.8) is 0 Å². The molecule has 12 heteroatoms. The number of aromatic nitrogens is 6. The molecule has 0 spiro atoms. The molecule has 0 bridgehead atoms. The number of likely N-dealkylation sites (N-methyl/N-ethyl adjacent to an activating group) is 1. The second kappa shape index (κ2) is 9.26. The van der Waals surface area contributed by atoms with E-state index in [-0.39, 0.29) is 11.6 Å². The zero-order valence-corrected chi connectivity index (χ0v) is 15.4. The number of hydrogen-bond donors (Lipinski definition) is 4. The van der Waals surface area contributed by atoms with Crippen LogP contribution < -0.4 is 22.3 Å². The summed E-state index contributed by atoms with van der Waals surface area (Å²) in [5.74, 6) is 7.66. The number of hydrazine groups is 1. The first kappa shape index (κ1) is 19.8. The van der Waals surface area contributed by atoms with Gasteiger partial charge < -0.3 is 16.4 Å². The number of nitrogen functional groups attached to an aromatic ring is 1. The van der Waals surface area contributed by atoms with Gasteiger partial charge in [0.2, 0.25) is 11.6 Å². The van der Waals surface area contributed by atoms with Crippen LogP contribution in [-0.2, 0) is 0 Å². The maximum Gasteiger partial charge on any atom is 0.236 e. The first-order valence-electron chi connectivity index (χ1n) is 7.90. The van der Waals surface area contributed by atoms with Crippen molar-refractivity contribution in [2.24, 2.45) is 11.6 Å². The van der Waals surface area contributed by atoms with Crippen molar-refractivity contribution < 1.29 is 4.63 Å².